The second-order valence-electron chi connectivity index (χ2n) is 12.3. The van der Waals surface area contributed by atoms with Gasteiger partial charge in [-0.1, -0.05) is 49.2 Å². The second-order valence-corrected chi connectivity index (χ2v) is 12.3. The third-order valence-corrected chi connectivity index (χ3v) is 7.26. The van der Waals surface area contributed by atoms with Crippen LogP contribution in [-0.4, -0.2) is 29.9 Å². The van der Waals surface area contributed by atoms with Crippen molar-refractivity contribution in [2.45, 2.75) is 104 Å². The van der Waals surface area contributed by atoms with Crippen molar-refractivity contribution < 1.29 is 23.6 Å². The molecule has 0 radical (unpaired) electrons. The van der Waals surface area contributed by atoms with Crippen LogP contribution < -0.4 is 10.2 Å². The summed E-state index contributed by atoms with van der Waals surface area (Å²) in [5.74, 6) is 1.30. The molecule has 0 amide bonds. The molecule has 1 saturated carbocycles. The third-order valence-electron chi connectivity index (χ3n) is 7.26. The van der Waals surface area contributed by atoms with Crippen LogP contribution in [0.5, 0.6) is 5.75 Å². The molecule has 0 N–H and O–H groups in total. The van der Waals surface area contributed by atoms with E-state index in [1.54, 1.807) is 0 Å². The molecule has 2 aromatic carbocycles. The highest BCUT2D eigenvalue weighted by molar-refractivity contribution is 6.62. The van der Waals surface area contributed by atoms with E-state index in [0.717, 1.165) is 28.9 Å². The number of esters is 1. The minimum absolute atomic E-state index is 0.175. The van der Waals surface area contributed by atoms with Crippen molar-refractivity contribution in [2.75, 3.05) is 0 Å². The summed E-state index contributed by atoms with van der Waals surface area (Å²) in [5.41, 5.74) is 2.91. The summed E-state index contributed by atoms with van der Waals surface area (Å²) >= 11 is 0. The molecule has 5 nitrogen and oxygen atoms in total. The molecule has 0 spiro atoms. The van der Waals surface area contributed by atoms with E-state index < -0.39 is 12.7 Å². The Morgan fingerprint density at radius 2 is 1.64 bits per heavy atom. The quantitative estimate of drug-likeness (QED) is 0.328. The summed E-state index contributed by atoms with van der Waals surface area (Å²) < 4.78 is 24.5. The Labute approximate surface area is 217 Å². The lowest BCUT2D eigenvalue weighted by atomic mass is 9.77. The monoisotopic (exact) mass is 492 g/mol. The highest BCUT2D eigenvalue weighted by Crippen LogP contribution is 2.37. The summed E-state index contributed by atoms with van der Waals surface area (Å²) in [6.45, 7) is 14.3. The van der Waals surface area contributed by atoms with E-state index in [1.807, 2.05) is 45.0 Å². The predicted octanol–water partition coefficient (Wildman–Crippen LogP) is 5.79. The molecular weight excluding hydrogens is 451 g/mol. The van der Waals surface area contributed by atoms with Gasteiger partial charge in [0.1, 0.15) is 18.0 Å². The summed E-state index contributed by atoms with van der Waals surface area (Å²) in [6.07, 6.45) is 5.13. The lowest BCUT2D eigenvalue weighted by Gasteiger charge is -2.32. The van der Waals surface area contributed by atoms with Crippen molar-refractivity contribution in [2.24, 2.45) is 5.92 Å². The van der Waals surface area contributed by atoms with Crippen LogP contribution in [0.15, 0.2) is 42.5 Å². The number of rotatable bonds is 9. The fourth-order valence-electron chi connectivity index (χ4n) is 4.40. The number of benzene rings is 2. The van der Waals surface area contributed by atoms with Crippen LogP contribution >= 0.6 is 0 Å². The van der Waals surface area contributed by atoms with Gasteiger partial charge in [0.05, 0.1) is 17.6 Å². The summed E-state index contributed by atoms with van der Waals surface area (Å²) in [4.78, 5) is 12.4. The van der Waals surface area contributed by atoms with Crippen molar-refractivity contribution >= 4 is 18.6 Å². The Bertz CT molecular complexity index is 1060. The van der Waals surface area contributed by atoms with E-state index in [0.29, 0.717) is 12.4 Å². The zero-order valence-electron chi connectivity index (χ0n) is 23.0. The minimum Gasteiger partial charge on any atom is -0.489 e. The first kappa shape index (κ1) is 26.7. The van der Waals surface area contributed by atoms with Crippen molar-refractivity contribution in [1.29, 1.82) is 0 Å². The first-order valence-corrected chi connectivity index (χ1v) is 13.2. The maximum Gasteiger partial charge on any atom is 0.494 e. The lowest BCUT2D eigenvalue weighted by molar-refractivity contribution is -0.153. The zero-order valence-corrected chi connectivity index (χ0v) is 23.0. The van der Waals surface area contributed by atoms with E-state index in [1.165, 1.54) is 24.8 Å². The SMILES string of the molecule is CC(C)(C)OC(=O)Cc1ccccc1OCc1cc(CCC2CC2)cc(B2OC(C)(C)C(C)(C)O2)c1. The molecular formula is C30H41BO5. The molecule has 0 atom stereocenters. The molecule has 1 aliphatic carbocycles. The Kier molecular flexibility index (Phi) is 7.59. The molecule has 1 heterocycles. The van der Waals surface area contributed by atoms with Crippen LogP contribution in [0.1, 0.15) is 84.4 Å². The number of para-hydroxylation sites is 1. The standard InChI is InChI=1S/C30H41BO5/c1-28(2,3)34-27(32)19-24-10-8-9-11-26(24)33-20-23-16-22(15-14-21-12-13-21)17-25(18-23)31-35-29(4,5)30(6,7)36-31/h8-11,16-18,21H,12-15,19-20H2,1-7H3. The molecule has 36 heavy (non-hydrogen) atoms. The second kappa shape index (κ2) is 10.2. The smallest absolute Gasteiger partial charge is 0.489 e. The number of hydrogen-bond acceptors (Lipinski definition) is 5. The molecule has 1 aliphatic heterocycles. The Balaban J connectivity index is 1.51. The van der Waals surface area contributed by atoms with Gasteiger partial charge in [-0.3, -0.25) is 4.79 Å². The van der Waals surface area contributed by atoms with Gasteiger partial charge in [-0.2, -0.15) is 0 Å². The van der Waals surface area contributed by atoms with Crippen molar-refractivity contribution in [1.82, 2.24) is 0 Å². The van der Waals surface area contributed by atoms with Gasteiger partial charge in [-0.05, 0) is 89.9 Å². The summed E-state index contributed by atoms with van der Waals surface area (Å²) in [6, 6.07) is 14.3. The minimum atomic E-state index is -0.516. The van der Waals surface area contributed by atoms with Crippen molar-refractivity contribution in [3.05, 3.63) is 59.2 Å². The lowest BCUT2D eigenvalue weighted by Crippen LogP contribution is -2.41. The van der Waals surface area contributed by atoms with Gasteiger partial charge < -0.3 is 18.8 Å². The van der Waals surface area contributed by atoms with Crippen LogP contribution in [0.3, 0.4) is 0 Å². The van der Waals surface area contributed by atoms with E-state index >= 15 is 0 Å². The van der Waals surface area contributed by atoms with Gasteiger partial charge in [0, 0.05) is 5.56 Å². The normalized spacial score (nSPS) is 18.8. The molecule has 6 heteroatoms. The number of carbonyl (C=O) groups excluding carboxylic acids is 1. The zero-order chi connectivity index (χ0) is 26.1. The molecule has 0 aromatic heterocycles. The number of ether oxygens (including phenoxy) is 2. The molecule has 0 bridgehead atoms. The van der Waals surface area contributed by atoms with Crippen molar-refractivity contribution in [3.8, 4) is 5.75 Å². The van der Waals surface area contributed by atoms with E-state index in [2.05, 4.69) is 45.9 Å². The van der Waals surface area contributed by atoms with Crippen LogP contribution in [0.25, 0.3) is 0 Å². The number of hydrogen-bond donors (Lipinski definition) is 0. The van der Waals surface area contributed by atoms with Gasteiger partial charge in [0.25, 0.3) is 0 Å². The first-order chi connectivity index (χ1) is 16.8. The molecule has 2 fully saturated rings. The topological polar surface area (TPSA) is 54.0 Å². The maximum atomic E-state index is 12.4. The van der Waals surface area contributed by atoms with Crippen LogP contribution in [0.4, 0.5) is 0 Å². The summed E-state index contributed by atoms with van der Waals surface area (Å²) in [7, 11) is -0.408. The Morgan fingerprint density at radius 1 is 1.00 bits per heavy atom. The number of aryl methyl sites for hydroxylation is 1. The van der Waals surface area contributed by atoms with E-state index in [-0.39, 0.29) is 23.6 Å². The average Bonchev–Trinajstić information content (AvgIpc) is 3.56. The Hall–Kier alpha value is -2.31. The number of carbonyl (C=O) groups is 1. The summed E-state index contributed by atoms with van der Waals surface area (Å²) in [5, 5.41) is 0. The predicted molar refractivity (Wildman–Crippen MR) is 144 cm³/mol. The molecule has 2 aliphatic rings. The van der Waals surface area contributed by atoms with Gasteiger partial charge in [-0.15, -0.1) is 0 Å². The highest BCUT2D eigenvalue weighted by Gasteiger charge is 2.51. The van der Waals surface area contributed by atoms with Gasteiger partial charge in [0.2, 0.25) is 0 Å². The molecule has 0 unspecified atom stereocenters. The molecule has 1 saturated heterocycles. The molecule has 2 aromatic rings. The highest BCUT2D eigenvalue weighted by atomic mass is 16.7. The van der Waals surface area contributed by atoms with E-state index in [9.17, 15) is 4.79 Å². The van der Waals surface area contributed by atoms with Crippen molar-refractivity contribution in [3.63, 3.8) is 0 Å². The van der Waals surface area contributed by atoms with E-state index in [4.69, 9.17) is 18.8 Å². The maximum absolute atomic E-state index is 12.4. The fraction of sp³-hybridized carbons (Fsp3) is 0.567. The fourth-order valence-corrected chi connectivity index (χ4v) is 4.40. The van der Waals surface area contributed by atoms with Crippen LogP contribution in [0.2, 0.25) is 0 Å². The van der Waals surface area contributed by atoms with Gasteiger partial charge >= 0.3 is 13.1 Å². The van der Waals surface area contributed by atoms with Crippen LogP contribution in [-0.2, 0) is 38.3 Å². The van der Waals surface area contributed by atoms with Gasteiger partial charge in [-0.25, -0.2) is 0 Å². The largest absolute Gasteiger partial charge is 0.494 e. The Morgan fingerprint density at radius 3 is 2.28 bits per heavy atom. The molecule has 4 rings (SSSR count). The first-order valence-electron chi connectivity index (χ1n) is 13.2. The third kappa shape index (κ3) is 6.92. The average molecular weight is 492 g/mol. The van der Waals surface area contributed by atoms with Crippen LogP contribution in [0, 0.1) is 5.92 Å². The molecule has 194 valence electrons. The van der Waals surface area contributed by atoms with Gasteiger partial charge in [0.15, 0.2) is 0 Å².